The third-order valence-corrected chi connectivity index (χ3v) is 4.54. The van der Waals surface area contributed by atoms with Gasteiger partial charge in [-0.15, -0.1) is 0 Å². The van der Waals surface area contributed by atoms with Gasteiger partial charge in [0.1, 0.15) is 12.4 Å². The summed E-state index contributed by atoms with van der Waals surface area (Å²) in [5.41, 5.74) is 2.24. The second-order valence-corrected chi connectivity index (χ2v) is 6.85. The van der Waals surface area contributed by atoms with Crippen molar-refractivity contribution in [2.45, 2.75) is 32.3 Å². The normalized spacial score (nSPS) is 15.6. The highest BCUT2D eigenvalue weighted by Crippen LogP contribution is 2.19. The Kier molecular flexibility index (Phi) is 7.47. The van der Waals surface area contributed by atoms with Crippen LogP contribution in [0.3, 0.4) is 0 Å². The zero-order valence-electron chi connectivity index (χ0n) is 16.6. The molecular formula is C22H27N3O4. The van der Waals surface area contributed by atoms with Gasteiger partial charge in [0.25, 0.3) is 0 Å². The predicted molar refractivity (Wildman–Crippen MR) is 113 cm³/mol. The highest BCUT2D eigenvalue weighted by atomic mass is 16.5. The number of rotatable bonds is 9. The molecule has 7 heteroatoms. The molecule has 0 spiro atoms. The SMILES string of the molecule is CCC(=O)Nc1ccc(NCC(=O)Nc2ccc(OCC3CCCO3)cc2)cc1. The van der Waals surface area contributed by atoms with Crippen LogP contribution < -0.4 is 20.7 Å². The first-order chi connectivity index (χ1) is 14.1. The second kappa shape index (κ2) is 10.5. The standard InChI is InChI=1S/C22H27N3O4/c1-2-21(26)24-17-7-5-16(6-8-17)23-14-22(27)25-18-9-11-19(12-10-18)29-15-20-4-3-13-28-20/h5-12,20,23H,2-4,13-15H2,1H3,(H,24,26)(H,25,27). The van der Waals surface area contributed by atoms with Crippen LogP contribution in [0.25, 0.3) is 0 Å². The van der Waals surface area contributed by atoms with Gasteiger partial charge in [-0.1, -0.05) is 6.92 Å². The molecule has 154 valence electrons. The van der Waals surface area contributed by atoms with E-state index >= 15 is 0 Å². The highest BCUT2D eigenvalue weighted by molar-refractivity contribution is 5.94. The molecule has 3 rings (SSSR count). The minimum Gasteiger partial charge on any atom is -0.491 e. The lowest BCUT2D eigenvalue weighted by Gasteiger charge is -2.12. The van der Waals surface area contributed by atoms with Crippen LogP contribution in [-0.4, -0.2) is 37.7 Å². The van der Waals surface area contributed by atoms with Gasteiger partial charge in [0.2, 0.25) is 11.8 Å². The predicted octanol–water partition coefficient (Wildman–Crippen LogP) is 3.64. The van der Waals surface area contributed by atoms with Gasteiger partial charge in [-0.25, -0.2) is 0 Å². The Bertz CT molecular complexity index is 800. The van der Waals surface area contributed by atoms with Crippen molar-refractivity contribution in [3.8, 4) is 5.75 Å². The maximum Gasteiger partial charge on any atom is 0.243 e. The number of hydrogen-bond donors (Lipinski definition) is 3. The van der Waals surface area contributed by atoms with Gasteiger partial charge in [-0.3, -0.25) is 9.59 Å². The molecule has 1 saturated heterocycles. The summed E-state index contributed by atoms with van der Waals surface area (Å²) in [7, 11) is 0. The van der Waals surface area contributed by atoms with Crippen molar-refractivity contribution >= 4 is 28.9 Å². The number of hydrogen-bond acceptors (Lipinski definition) is 5. The van der Waals surface area contributed by atoms with Crippen LogP contribution in [0, 0.1) is 0 Å². The maximum absolute atomic E-state index is 12.1. The van der Waals surface area contributed by atoms with Crippen molar-refractivity contribution in [3.63, 3.8) is 0 Å². The van der Waals surface area contributed by atoms with Crippen LogP contribution in [0.15, 0.2) is 48.5 Å². The average Bonchev–Trinajstić information content (AvgIpc) is 3.26. The van der Waals surface area contributed by atoms with E-state index in [0.717, 1.165) is 36.6 Å². The molecule has 0 saturated carbocycles. The van der Waals surface area contributed by atoms with E-state index in [9.17, 15) is 9.59 Å². The summed E-state index contributed by atoms with van der Waals surface area (Å²) in [5.74, 6) is 0.571. The smallest absolute Gasteiger partial charge is 0.243 e. The number of nitrogens with one attached hydrogen (secondary N) is 3. The number of benzene rings is 2. The molecule has 1 heterocycles. The van der Waals surface area contributed by atoms with E-state index in [1.54, 1.807) is 19.1 Å². The minimum absolute atomic E-state index is 0.0339. The molecular weight excluding hydrogens is 370 g/mol. The monoisotopic (exact) mass is 397 g/mol. The summed E-state index contributed by atoms with van der Waals surface area (Å²) in [6, 6.07) is 14.5. The van der Waals surface area contributed by atoms with E-state index in [4.69, 9.17) is 9.47 Å². The first kappa shape index (κ1) is 20.7. The summed E-state index contributed by atoms with van der Waals surface area (Å²) in [6.45, 7) is 3.30. The molecule has 1 aliphatic rings. The first-order valence-corrected chi connectivity index (χ1v) is 9.90. The Morgan fingerprint density at radius 2 is 1.59 bits per heavy atom. The lowest BCUT2D eigenvalue weighted by atomic mass is 10.2. The fourth-order valence-corrected chi connectivity index (χ4v) is 2.91. The Balaban J connectivity index is 1.40. The van der Waals surface area contributed by atoms with Gasteiger partial charge in [0.15, 0.2) is 0 Å². The first-order valence-electron chi connectivity index (χ1n) is 9.90. The van der Waals surface area contributed by atoms with Gasteiger partial charge in [0.05, 0.1) is 12.6 Å². The highest BCUT2D eigenvalue weighted by Gasteiger charge is 2.15. The van der Waals surface area contributed by atoms with Crippen LogP contribution in [0.2, 0.25) is 0 Å². The summed E-state index contributed by atoms with van der Waals surface area (Å²) in [5, 5.41) is 8.68. The van der Waals surface area contributed by atoms with Crippen molar-refractivity contribution in [1.82, 2.24) is 0 Å². The molecule has 1 unspecified atom stereocenters. The lowest BCUT2D eigenvalue weighted by Crippen LogP contribution is -2.21. The molecule has 2 amide bonds. The minimum atomic E-state index is -0.151. The van der Waals surface area contributed by atoms with E-state index in [-0.39, 0.29) is 24.5 Å². The van der Waals surface area contributed by atoms with Gasteiger partial charge >= 0.3 is 0 Å². The number of carbonyl (C=O) groups is 2. The van der Waals surface area contributed by atoms with Crippen molar-refractivity contribution in [2.75, 3.05) is 35.7 Å². The number of amides is 2. The van der Waals surface area contributed by atoms with Crippen LogP contribution in [-0.2, 0) is 14.3 Å². The third-order valence-electron chi connectivity index (χ3n) is 4.54. The number of ether oxygens (including phenoxy) is 2. The van der Waals surface area contributed by atoms with Crippen LogP contribution >= 0.6 is 0 Å². The molecule has 1 aliphatic heterocycles. The molecule has 0 radical (unpaired) electrons. The molecule has 7 nitrogen and oxygen atoms in total. The van der Waals surface area contributed by atoms with Crippen LogP contribution in [0.1, 0.15) is 26.2 Å². The zero-order chi connectivity index (χ0) is 20.5. The molecule has 3 N–H and O–H groups in total. The number of carbonyl (C=O) groups excluding carboxylic acids is 2. The van der Waals surface area contributed by atoms with E-state index in [1.807, 2.05) is 36.4 Å². The summed E-state index contributed by atoms with van der Waals surface area (Å²) in [4.78, 5) is 23.5. The van der Waals surface area contributed by atoms with Crippen molar-refractivity contribution < 1.29 is 19.1 Å². The van der Waals surface area contributed by atoms with Crippen molar-refractivity contribution in [3.05, 3.63) is 48.5 Å². The molecule has 0 bridgehead atoms. The molecule has 1 fully saturated rings. The van der Waals surface area contributed by atoms with E-state index in [2.05, 4.69) is 16.0 Å². The van der Waals surface area contributed by atoms with Gasteiger partial charge in [-0.2, -0.15) is 0 Å². The third kappa shape index (κ3) is 6.80. The largest absolute Gasteiger partial charge is 0.491 e. The molecule has 29 heavy (non-hydrogen) atoms. The fourth-order valence-electron chi connectivity index (χ4n) is 2.91. The maximum atomic E-state index is 12.1. The lowest BCUT2D eigenvalue weighted by molar-refractivity contribution is -0.116. The summed E-state index contributed by atoms with van der Waals surface area (Å²) < 4.78 is 11.3. The van der Waals surface area contributed by atoms with Crippen LogP contribution in [0.4, 0.5) is 17.1 Å². The topological polar surface area (TPSA) is 88.7 Å². The molecule has 0 aliphatic carbocycles. The Morgan fingerprint density at radius 3 is 2.21 bits per heavy atom. The van der Waals surface area contributed by atoms with E-state index in [0.29, 0.717) is 18.7 Å². The Morgan fingerprint density at radius 1 is 0.966 bits per heavy atom. The Labute approximate surface area is 170 Å². The summed E-state index contributed by atoms with van der Waals surface area (Å²) in [6.07, 6.45) is 2.74. The van der Waals surface area contributed by atoms with E-state index in [1.165, 1.54) is 0 Å². The van der Waals surface area contributed by atoms with Gasteiger partial charge in [0, 0.05) is 30.1 Å². The second-order valence-electron chi connectivity index (χ2n) is 6.85. The number of anilines is 3. The fraction of sp³-hybridized carbons (Fsp3) is 0.364. The zero-order valence-corrected chi connectivity index (χ0v) is 16.6. The van der Waals surface area contributed by atoms with Gasteiger partial charge in [-0.05, 0) is 61.4 Å². The van der Waals surface area contributed by atoms with Crippen molar-refractivity contribution in [2.24, 2.45) is 0 Å². The molecule has 2 aromatic carbocycles. The molecule has 2 aromatic rings. The molecule has 1 atom stereocenters. The quantitative estimate of drug-likeness (QED) is 0.601. The summed E-state index contributed by atoms with van der Waals surface area (Å²) >= 11 is 0. The van der Waals surface area contributed by atoms with Gasteiger partial charge < -0.3 is 25.4 Å². The molecule has 0 aromatic heterocycles. The van der Waals surface area contributed by atoms with Crippen molar-refractivity contribution in [1.29, 1.82) is 0 Å². The average molecular weight is 397 g/mol. The van der Waals surface area contributed by atoms with Crippen LogP contribution in [0.5, 0.6) is 5.75 Å². The van der Waals surface area contributed by atoms with E-state index < -0.39 is 0 Å². The Hall–Kier alpha value is -3.06.